The number of hydrogen-bond acceptors (Lipinski definition) is 2. The van der Waals surface area contributed by atoms with Gasteiger partial charge in [-0.05, 0) is 25.0 Å². The zero-order chi connectivity index (χ0) is 16.4. The predicted octanol–water partition coefficient (Wildman–Crippen LogP) is 3.45. The first-order valence-corrected chi connectivity index (χ1v) is 7.59. The van der Waals surface area contributed by atoms with Crippen LogP contribution in [0.15, 0.2) is 70.3 Å². The molecule has 1 N–H and O–H groups in total. The van der Waals surface area contributed by atoms with Gasteiger partial charge in [-0.15, -0.1) is 0 Å². The summed E-state index contributed by atoms with van der Waals surface area (Å²) in [4.78, 5) is 28.2. The summed E-state index contributed by atoms with van der Waals surface area (Å²) in [6.07, 6.45) is 0. The molecule has 3 aromatic rings. The van der Waals surface area contributed by atoms with Crippen molar-refractivity contribution in [3.8, 4) is 22.4 Å². The third kappa shape index (κ3) is 2.75. The van der Waals surface area contributed by atoms with Crippen LogP contribution in [0.3, 0.4) is 0 Å². The van der Waals surface area contributed by atoms with Crippen molar-refractivity contribution >= 4 is 0 Å². The minimum absolute atomic E-state index is 0.210. The lowest BCUT2D eigenvalue weighted by Gasteiger charge is -2.15. The van der Waals surface area contributed by atoms with Gasteiger partial charge in [0.05, 0.1) is 11.3 Å². The Morgan fingerprint density at radius 2 is 1.35 bits per heavy atom. The molecule has 0 aliphatic rings. The molecule has 2 aromatic carbocycles. The Hall–Kier alpha value is -2.88. The summed E-state index contributed by atoms with van der Waals surface area (Å²) in [5, 5.41) is 0. The topological polar surface area (TPSA) is 54.9 Å². The maximum atomic E-state index is 13.0. The molecule has 1 aromatic heterocycles. The van der Waals surface area contributed by atoms with Crippen LogP contribution in [0.1, 0.15) is 19.9 Å². The van der Waals surface area contributed by atoms with Crippen LogP contribution < -0.4 is 11.2 Å². The van der Waals surface area contributed by atoms with E-state index in [-0.39, 0.29) is 17.3 Å². The van der Waals surface area contributed by atoms with E-state index in [2.05, 4.69) is 4.98 Å². The largest absolute Gasteiger partial charge is 0.329 e. The molecule has 4 nitrogen and oxygen atoms in total. The van der Waals surface area contributed by atoms with Gasteiger partial charge in [0.25, 0.3) is 5.56 Å². The van der Waals surface area contributed by atoms with Crippen LogP contribution in [0.4, 0.5) is 0 Å². The van der Waals surface area contributed by atoms with Crippen LogP contribution in [-0.2, 0) is 0 Å². The van der Waals surface area contributed by atoms with Gasteiger partial charge in [0.1, 0.15) is 0 Å². The van der Waals surface area contributed by atoms with Crippen molar-refractivity contribution < 1.29 is 0 Å². The molecular formula is C19H18N2O2. The van der Waals surface area contributed by atoms with Crippen LogP contribution in [0.2, 0.25) is 0 Å². The summed E-state index contributed by atoms with van der Waals surface area (Å²) in [7, 11) is 0. The number of benzene rings is 2. The summed E-state index contributed by atoms with van der Waals surface area (Å²) in [5.74, 6) is 0. The highest BCUT2D eigenvalue weighted by atomic mass is 16.2. The number of hydrogen-bond donors (Lipinski definition) is 1. The lowest BCUT2D eigenvalue weighted by atomic mass is 10.0. The number of aromatic amines is 1. The molecule has 4 heteroatoms. The zero-order valence-electron chi connectivity index (χ0n) is 13.1. The van der Waals surface area contributed by atoms with Crippen molar-refractivity contribution in [2.24, 2.45) is 0 Å². The highest BCUT2D eigenvalue weighted by Crippen LogP contribution is 2.26. The number of nitrogens with zero attached hydrogens (tertiary/aromatic N) is 1. The Morgan fingerprint density at radius 3 is 1.87 bits per heavy atom. The molecule has 0 saturated carbocycles. The molecule has 116 valence electrons. The predicted molar refractivity (Wildman–Crippen MR) is 92.6 cm³/mol. The zero-order valence-corrected chi connectivity index (χ0v) is 13.1. The van der Waals surface area contributed by atoms with E-state index < -0.39 is 0 Å². The molecular weight excluding hydrogens is 288 g/mol. The van der Waals surface area contributed by atoms with Crippen LogP contribution in [0, 0.1) is 0 Å². The molecule has 3 rings (SSSR count). The van der Waals surface area contributed by atoms with E-state index in [1.807, 2.05) is 74.5 Å². The first-order chi connectivity index (χ1) is 11.1. The maximum absolute atomic E-state index is 13.0. The van der Waals surface area contributed by atoms with Crippen molar-refractivity contribution in [2.45, 2.75) is 19.9 Å². The van der Waals surface area contributed by atoms with Crippen molar-refractivity contribution in [2.75, 3.05) is 0 Å². The second-order valence-corrected chi connectivity index (χ2v) is 5.68. The molecule has 0 aliphatic carbocycles. The van der Waals surface area contributed by atoms with Gasteiger partial charge >= 0.3 is 5.69 Å². The Morgan fingerprint density at radius 1 is 0.826 bits per heavy atom. The van der Waals surface area contributed by atoms with Crippen LogP contribution in [-0.4, -0.2) is 9.55 Å². The van der Waals surface area contributed by atoms with Crippen LogP contribution >= 0.6 is 0 Å². The fourth-order valence-corrected chi connectivity index (χ4v) is 2.71. The van der Waals surface area contributed by atoms with Crippen molar-refractivity contribution in [1.29, 1.82) is 0 Å². The first-order valence-electron chi connectivity index (χ1n) is 7.59. The number of aromatic nitrogens is 2. The van der Waals surface area contributed by atoms with Gasteiger partial charge in [0, 0.05) is 6.04 Å². The Balaban J connectivity index is 2.41. The Bertz CT molecular complexity index is 923. The Kier molecular flexibility index (Phi) is 3.98. The third-order valence-electron chi connectivity index (χ3n) is 3.77. The summed E-state index contributed by atoms with van der Waals surface area (Å²) in [6, 6.07) is 18.7. The standard InChI is InChI=1S/C19H18N2O2/c1-13(2)21-18(22)16(14-9-5-3-6-10-14)17(20-19(21)23)15-11-7-4-8-12-15/h3-13H,1-2H3,(H,20,23). The second-order valence-electron chi connectivity index (χ2n) is 5.68. The van der Waals surface area contributed by atoms with Crippen LogP contribution in [0.5, 0.6) is 0 Å². The second kappa shape index (κ2) is 6.08. The van der Waals surface area contributed by atoms with E-state index in [4.69, 9.17) is 0 Å². The fourth-order valence-electron chi connectivity index (χ4n) is 2.71. The van der Waals surface area contributed by atoms with Crippen LogP contribution in [0.25, 0.3) is 22.4 Å². The number of nitrogens with one attached hydrogen (secondary N) is 1. The van der Waals surface area contributed by atoms with Gasteiger partial charge in [-0.2, -0.15) is 0 Å². The maximum Gasteiger partial charge on any atom is 0.329 e. The normalized spacial score (nSPS) is 10.9. The molecule has 0 atom stereocenters. The molecule has 0 unspecified atom stereocenters. The van der Waals surface area contributed by atoms with E-state index in [9.17, 15) is 9.59 Å². The summed E-state index contributed by atoms with van der Waals surface area (Å²) in [6.45, 7) is 3.65. The fraction of sp³-hybridized carbons (Fsp3) is 0.158. The number of rotatable bonds is 3. The molecule has 23 heavy (non-hydrogen) atoms. The average Bonchev–Trinajstić information content (AvgIpc) is 2.55. The average molecular weight is 306 g/mol. The van der Waals surface area contributed by atoms with Gasteiger partial charge in [-0.3, -0.25) is 9.36 Å². The van der Waals surface area contributed by atoms with E-state index in [0.717, 1.165) is 11.1 Å². The van der Waals surface area contributed by atoms with E-state index in [0.29, 0.717) is 11.3 Å². The number of H-pyrrole nitrogens is 1. The molecule has 0 fully saturated rings. The van der Waals surface area contributed by atoms with Gasteiger partial charge in [-0.1, -0.05) is 60.7 Å². The van der Waals surface area contributed by atoms with Gasteiger partial charge in [0.2, 0.25) is 0 Å². The van der Waals surface area contributed by atoms with E-state index in [1.165, 1.54) is 4.57 Å². The Labute approximate surface area is 134 Å². The van der Waals surface area contributed by atoms with Crippen molar-refractivity contribution in [3.05, 3.63) is 81.5 Å². The van der Waals surface area contributed by atoms with Gasteiger partial charge in [0.15, 0.2) is 0 Å². The molecule has 0 bridgehead atoms. The lowest BCUT2D eigenvalue weighted by molar-refractivity contribution is 0.548. The molecule has 0 spiro atoms. The third-order valence-corrected chi connectivity index (χ3v) is 3.77. The van der Waals surface area contributed by atoms with Crippen molar-refractivity contribution in [1.82, 2.24) is 9.55 Å². The molecule has 1 heterocycles. The quantitative estimate of drug-likeness (QED) is 0.805. The van der Waals surface area contributed by atoms with E-state index >= 15 is 0 Å². The molecule has 0 saturated heterocycles. The monoisotopic (exact) mass is 306 g/mol. The summed E-state index contributed by atoms with van der Waals surface area (Å²) in [5.41, 5.74) is 2.03. The van der Waals surface area contributed by atoms with Gasteiger partial charge in [-0.25, -0.2) is 4.79 Å². The molecule has 0 aliphatic heterocycles. The molecule has 0 amide bonds. The minimum atomic E-state index is -0.386. The summed E-state index contributed by atoms with van der Waals surface area (Å²) >= 11 is 0. The summed E-state index contributed by atoms with van der Waals surface area (Å²) < 4.78 is 1.26. The minimum Gasteiger partial charge on any atom is -0.306 e. The van der Waals surface area contributed by atoms with Crippen molar-refractivity contribution in [3.63, 3.8) is 0 Å². The smallest absolute Gasteiger partial charge is 0.306 e. The highest BCUT2D eigenvalue weighted by Gasteiger charge is 2.18. The molecule has 0 radical (unpaired) electrons. The lowest BCUT2D eigenvalue weighted by Crippen LogP contribution is -2.37. The first kappa shape index (κ1) is 15.0. The van der Waals surface area contributed by atoms with E-state index in [1.54, 1.807) is 0 Å². The SMILES string of the molecule is CC(C)n1c(=O)[nH]c(-c2ccccc2)c(-c2ccccc2)c1=O. The van der Waals surface area contributed by atoms with Gasteiger partial charge < -0.3 is 4.98 Å². The highest BCUT2D eigenvalue weighted by molar-refractivity contribution is 5.79.